The van der Waals surface area contributed by atoms with E-state index in [1.165, 1.54) is 23.1 Å². The molecule has 21 heavy (non-hydrogen) atoms. The van der Waals surface area contributed by atoms with Crippen molar-refractivity contribution >= 4 is 10.9 Å². The highest BCUT2D eigenvalue weighted by Gasteiger charge is 2.35. The zero-order valence-corrected chi connectivity index (χ0v) is 10.6. The summed E-state index contributed by atoms with van der Waals surface area (Å²) in [6, 6.07) is 5.87. The second-order valence-corrected chi connectivity index (χ2v) is 4.44. The second kappa shape index (κ2) is 4.76. The zero-order valence-electron chi connectivity index (χ0n) is 10.6. The normalized spacial score (nSPS) is 12.0. The minimum absolute atomic E-state index is 0.168. The van der Waals surface area contributed by atoms with Gasteiger partial charge in [0.05, 0.1) is 23.7 Å². The lowest BCUT2D eigenvalue weighted by Gasteiger charge is -2.12. The van der Waals surface area contributed by atoms with Gasteiger partial charge in [0.2, 0.25) is 0 Å². The lowest BCUT2D eigenvalue weighted by molar-refractivity contribution is -0.139. The van der Waals surface area contributed by atoms with E-state index in [0.717, 1.165) is 12.3 Å². The molecule has 0 aromatic carbocycles. The molecular formula is C14H9F3N2O2. The maximum atomic E-state index is 13.0. The molecule has 0 radical (unpaired) electrons. The van der Waals surface area contributed by atoms with E-state index in [1.54, 1.807) is 12.1 Å². The summed E-state index contributed by atoms with van der Waals surface area (Å²) in [5.74, 6) is 0.574. The van der Waals surface area contributed by atoms with E-state index < -0.39 is 22.7 Å². The Balaban J connectivity index is 2.25. The van der Waals surface area contributed by atoms with Crippen molar-refractivity contribution in [2.45, 2.75) is 12.7 Å². The van der Waals surface area contributed by atoms with Gasteiger partial charge >= 0.3 is 6.18 Å². The third-order valence-electron chi connectivity index (χ3n) is 3.07. The van der Waals surface area contributed by atoms with Crippen molar-refractivity contribution in [2.24, 2.45) is 0 Å². The molecule has 0 amide bonds. The lowest BCUT2D eigenvalue weighted by atomic mass is 10.1. The van der Waals surface area contributed by atoms with Crippen LogP contribution in [0.2, 0.25) is 0 Å². The Morgan fingerprint density at radius 3 is 2.71 bits per heavy atom. The maximum Gasteiger partial charge on any atom is 0.434 e. The number of hydrogen-bond acceptors (Lipinski definition) is 3. The van der Waals surface area contributed by atoms with Gasteiger partial charge in [-0.3, -0.25) is 9.78 Å². The molecule has 0 saturated carbocycles. The molecule has 0 unspecified atom stereocenters. The van der Waals surface area contributed by atoms with Crippen molar-refractivity contribution in [1.82, 2.24) is 9.55 Å². The molecule has 0 atom stereocenters. The standard InChI is InChI=1S/C14H9F3N2O2/c15-14(16,17)13-12-10(3-5-18-13)19(6-4-11(12)20)8-9-2-1-7-21-9/h1-7H,8H2. The molecule has 7 heteroatoms. The number of pyridine rings is 2. The molecule has 3 heterocycles. The molecule has 0 saturated heterocycles. The average molecular weight is 294 g/mol. The van der Waals surface area contributed by atoms with Crippen LogP contribution in [0.25, 0.3) is 10.9 Å². The van der Waals surface area contributed by atoms with E-state index in [1.807, 2.05) is 0 Å². The molecule has 108 valence electrons. The van der Waals surface area contributed by atoms with E-state index in [9.17, 15) is 18.0 Å². The van der Waals surface area contributed by atoms with Gasteiger partial charge < -0.3 is 8.98 Å². The van der Waals surface area contributed by atoms with Gasteiger partial charge in [0, 0.05) is 18.5 Å². The Morgan fingerprint density at radius 1 is 1.24 bits per heavy atom. The fraction of sp³-hybridized carbons (Fsp3) is 0.143. The van der Waals surface area contributed by atoms with Crippen LogP contribution < -0.4 is 5.43 Å². The van der Waals surface area contributed by atoms with Crippen molar-refractivity contribution in [3.05, 3.63) is 64.6 Å². The number of hydrogen-bond donors (Lipinski definition) is 0. The van der Waals surface area contributed by atoms with Crippen LogP contribution in [0.1, 0.15) is 11.5 Å². The first kappa shape index (κ1) is 13.4. The first-order chi connectivity index (χ1) is 9.97. The molecule has 0 aliphatic rings. The molecule has 3 rings (SSSR count). The Bertz CT molecular complexity index is 836. The topological polar surface area (TPSA) is 48.0 Å². The first-order valence-corrected chi connectivity index (χ1v) is 6.04. The first-order valence-electron chi connectivity index (χ1n) is 6.04. The molecule has 0 aliphatic carbocycles. The quantitative estimate of drug-likeness (QED) is 0.730. The second-order valence-electron chi connectivity index (χ2n) is 4.44. The van der Waals surface area contributed by atoms with Crippen molar-refractivity contribution in [3.8, 4) is 0 Å². The Morgan fingerprint density at radius 2 is 2.05 bits per heavy atom. The van der Waals surface area contributed by atoms with Crippen LogP contribution in [0.4, 0.5) is 13.2 Å². The van der Waals surface area contributed by atoms with Gasteiger partial charge in [-0.1, -0.05) is 0 Å². The fourth-order valence-electron chi connectivity index (χ4n) is 2.18. The Hall–Kier alpha value is -2.57. The monoisotopic (exact) mass is 294 g/mol. The van der Waals surface area contributed by atoms with E-state index >= 15 is 0 Å². The van der Waals surface area contributed by atoms with Crippen LogP contribution in [0.15, 0.2) is 52.1 Å². The molecular weight excluding hydrogens is 285 g/mol. The molecule has 0 spiro atoms. The zero-order chi connectivity index (χ0) is 15.0. The van der Waals surface area contributed by atoms with Gasteiger partial charge in [-0.05, 0) is 18.2 Å². The number of halogens is 3. The highest BCUT2D eigenvalue weighted by molar-refractivity contribution is 5.81. The van der Waals surface area contributed by atoms with Gasteiger partial charge in [-0.25, -0.2) is 0 Å². The number of furan rings is 1. The average Bonchev–Trinajstić information content (AvgIpc) is 2.93. The fourth-order valence-corrected chi connectivity index (χ4v) is 2.18. The van der Waals surface area contributed by atoms with Crippen molar-refractivity contribution in [2.75, 3.05) is 0 Å². The number of rotatable bonds is 2. The highest BCUT2D eigenvalue weighted by Crippen LogP contribution is 2.31. The lowest BCUT2D eigenvalue weighted by Crippen LogP contribution is -2.16. The summed E-state index contributed by atoms with van der Waals surface area (Å²) in [5.41, 5.74) is -1.71. The SMILES string of the molecule is O=c1ccn(Cc2ccco2)c2ccnc(C(F)(F)F)c12. The summed E-state index contributed by atoms with van der Waals surface area (Å²) in [6.07, 6.45) is -0.720. The van der Waals surface area contributed by atoms with Gasteiger partial charge in [-0.15, -0.1) is 0 Å². The largest absolute Gasteiger partial charge is 0.467 e. The van der Waals surface area contributed by atoms with Gasteiger partial charge in [-0.2, -0.15) is 13.2 Å². The minimum atomic E-state index is -4.68. The number of fused-ring (bicyclic) bond motifs is 1. The molecule has 0 N–H and O–H groups in total. The Kier molecular flexibility index (Phi) is 3.04. The van der Waals surface area contributed by atoms with Crippen molar-refractivity contribution in [1.29, 1.82) is 0 Å². The summed E-state index contributed by atoms with van der Waals surface area (Å²) in [5, 5.41) is -0.431. The van der Waals surface area contributed by atoms with Crippen LogP contribution in [0.5, 0.6) is 0 Å². The number of aromatic nitrogens is 2. The number of alkyl halides is 3. The van der Waals surface area contributed by atoms with Gasteiger partial charge in [0.15, 0.2) is 11.1 Å². The molecule has 0 aliphatic heterocycles. The summed E-state index contributed by atoms with van der Waals surface area (Å²) in [6.45, 7) is 0.227. The van der Waals surface area contributed by atoms with Gasteiger partial charge in [0.25, 0.3) is 0 Å². The van der Waals surface area contributed by atoms with E-state index in [-0.39, 0.29) is 12.1 Å². The molecule has 4 nitrogen and oxygen atoms in total. The molecule has 3 aromatic rings. The summed E-state index contributed by atoms with van der Waals surface area (Å²) >= 11 is 0. The van der Waals surface area contributed by atoms with E-state index in [2.05, 4.69) is 4.98 Å². The van der Waals surface area contributed by atoms with Crippen LogP contribution in [0, 0.1) is 0 Å². The highest BCUT2D eigenvalue weighted by atomic mass is 19.4. The van der Waals surface area contributed by atoms with Gasteiger partial charge in [0.1, 0.15) is 5.76 Å². The molecule has 0 fully saturated rings. The molecule has 0 bridgehead atoms. The van der Waals surface area contributed by atoms with Crippen LogP contribution in [-0.2, 0) is 12.7 Å². The number of nitrogens with zero attached hydrogens (tertiary/aromatic N) is 2. The third-order valence-corrected chi connectivity index (χ3v) is 3.07. The van der Waals surface area contributed by atoms with Crippen LogP contribution in [-0.4, -0.2) is 9.55 Å². The van der Waals surface area contributed by atoms with Crippen molar-refractivity contribution < 1.29 is 17.6 Å². The smallest absolute Gasteiger partial charge is 0.434 e. The van der Waals surface area contributed by atoms with E-state index in [0.29, 0.717) is 5.76 Å². The predicted molar refractivity (Wildman–Crippen MR) is 68.8 cm³/mol. The molecule has 3 aromatic heterocycles. The Labute approximate surface area is 116 Å². The van der Waals surface area contributed by atoms with Crippen LogP contribution >= 0.6 is 0 Å². The van der Waals surface area contributed by atoms with E-state index in [4.69, 9.17) is 4.42 Å². The van der Waals surface area contributed by atoms with Crippen molar-refractivity contribution in [3.63, 3.8) is 0 Å². The third kappa shape index (κ3) is 2.42. The summed E-state index contributed by atoms with van der Waals surface area (Å²) in [7, 11) is 0. The maximum absolute atomic E-state index is 13.0. The minimum Gasteiger partial charge on any atom is -0.467 e. The summed E-state index contributed by atoms with van der Waals surface area (Å²) in [4.78, 5) is 15.1. The predicted octanol–water partition coefficient (Wildman–Crippen LogP) is 3.06. The summed E-state index contributed by atoms with van der Waals surface area (Å²) < 4.78 is 45.6. The van der Waals surface area contributed by atoms with Crippen LogP contribution in [0.3, 0.4) is 0 Å².